The molecular weight excluding hydrogens is 564 g/mol. The number of halogens is 1. The number of carbonyl (C=O) groups is 1. The van der Waals surface area contributed by atoms with Gasteiger partial charge in [0, 0.05) is 93.7 Å². The van der Waals surface area contributed by atoms with Crippen LogP contribution in [-0.2, 0) is 9.53 Å². The van der Waals surface area contributed by atoms with Crippen LogP contribution >= 0.6 is 12.4 Å². The summed E-state index contributed by atoms with van der Waals surface area (Å²) in [5.74, 6) is 1.44. The Morgan fingerprint density at radius 3 is 2.26 bits per heavy atom. The van der Waals surface area contributed by atoms with Crippen molar-refractivity contribution in [2.75, 3.05) is 83.8 Å². The SMILES string of the molecule is CCOC(=O)CCCN(CC)c1cc(OC)c(-c2c3ccc(=[N+](C)C)cc-3oc3cc(N(C)C)ccc23)cc1N(C)C.Cl. The monoisotopic (exact) mass is 609 g/mol. The van der Waals surface area contributed by atoms with E-state index in [4.69, 9.17) is 13.9 Å². The fourth-order valence-electron chi connectivity index (χ4n) is 5.34. The van der Waals surface area contributed by atoms with E-state index in [2.05, 4.69) is 88.8 Å². The molecular formula is C34H46ClN4O4+. The Bertz CT molecular complexity index is 1610. The fraction of sp³-hybridized carbons (Fsp3) is 0.412. The zero-order valence-corrected chi connectivity index (χ0v) is 27.8. The molecule has 0 aromatic heterocycles. The summed E-state index contributed by atoms with van der Waals surface area (Å²) in [4.78, 5) is 18.5. The molecule has 8 nitrogen and oxygen atoms in total. The maximum atomic E-state index is 12.0. The smallest absolute Gasteiger partial charge is 0.305 e. The topological polar surface area (TPSA) is 61.4 Å². The van der Waals surface area contributed by atoms with Gasteiger partial charge in [-0.15, -0.1) is 12.4 Å². The number of hydrogen-bond donors (Lipinski definition) is 0. The van der Waals surface area contributed by atoms with Crippen LogP contribution in [0.5, 0.6) is 5.75 Å². The van der Waals surface area contributed by atoms with Gasteiger partial charge in [0.2, 0.25) is 5.36 Å². The molecule has 0 amide bonds. The summed E-state index contributed by atoms with van der Waals surface area (Å²) >= 11 is 0. The summed E-state index contributed by atoms with van der Waals surface area (Å²) in [6.45, 7) is 5.90. The van der Waals surface area contributed by atoms with Crippen molar-refractivity contribution in [3.8, 4) is 28.2 Å². The molecule has 0 atom stereocenters. The highest BCUT2D eigenvalue weighted by Gasteiger charge is 2.24. The lowest BCUT2D eigenvalue weighted by atomic mass is 9.92. The van der Waals surface area contributed by atoms with Gasteiger partial charge in [-0.2, -0.15) is 0 Å². The number of methoxy groups -OCH3 is 1. The quantitative estimate of drug-likeness (QED) is 0.118. The molecule has 0 radical (unpaired) electrons. The highest BCUT2D eigenvalue weighted by Crippen LogP contribution is 2.47. The predicted octanol–water partition coefficient (Wildman–Crippen LogP) is 5.97. The maximum Gasteiger partial charge on any atom is 0.305 e. The zero-order chi connectivity index (χ0) is 30.6. The minimum absolute atomic E-state index is 0. The molecule has 0 N–H and O–H groups in total. The molecule has 0 fully saturated rings. The minimum atomic E-state index is -0.155. The average molecular weight is 610 g/mol. The lowest BCUT2D eigenvalue weighted by Gasteiger charge is -2.30. The number of anilines is 3. The summed E-state index contributed by atoms with van der Waals surface area (Å²) in [5.41, 5.74) is 7.09. The number of hydrogen-bond acceptors (Lipinski definition) is 7. The molecule has 2 aromatic rings. The Kier molecular flexibility index (Phi) is 11.3. The Morgan fingerprint density at radius 1 is 0.907 bits per heavy atom. The number of nitrogens with zero attached hydrogens (tertiary/aromatic N) is 4. The molecule has 1 heterocycles. The summed E-state index contributed by atoms with van der Waals surface area (Å²) in [5, 5.41) is 2.08. The predicted molar refractivity (Wildman–Crippen MR) is 182 cm³/mol. The summed E-state index contributed by atoms with van der Waals surface area (Å²) < 4.78 is 19.9. The molecule has 232 valence electrons. The van der Waals surface area contributed by atoms with Crippen LogP contribution in [0, 0.1) is 0 Å². The zero-order valence-electron chi connectivity index (χ0n) is 27.0. The van der Waals surface area contributed by atoms with E-state index < -0.39 is 0 Å². The second-order valence-electron chi connectivity index (χ2n) is 11.1. The number of carbonyl (C=O) groups excluding carboxylic acids is 1. The van der Waals surface area contributed by atoms with E-state index in [0.717, 1.165) is 74.7 Å². The molecule has 0 saturated carbocycles. The van der Waals surface area contributed by atoms with Crippen LogP contribution < -0.4 is 29.4 Å². The lowest BCUT2D eigenvalue weighted by molar-refractivity contribution is -0.143. The van der Waals surface area contributed by atoms with Gasteiger partial charge in [-0.1, -0.05) is 0 Å². The Labute approximate surface area is 261 Å². The molecule has 1 aliphatic heterocycles. The fourth-order valence-corrected chi connectivity index (χ4v) is 5.34. The van der Waals surface area contributed by atoms with Crippen molar-refractivity contribution < 1.29 is 18.7 Å². The van der Waals surface area contributed by atoms with Gasteiger partial charge in [0.1, 0.15) is 31.2 Å². The molecule has 0 spiro atoms. The van der Waals surface area contributed by atoms with Gasteiger partial charge in [-0.25, -0.2) is 4.58 Å². The van der Waals surface area contributed by atoms with Gasteiger partial charge < -0.3 is 28.6 Å². The van der Waals surface area contributed by atoms with Crippen LogP contribution in [0.15, 0.2) is 52.9 Å². The largest absolute Gasteiger partial charge is 0.496 e. The summed E-state index contributed by atoms with van der Waals surface area (Å²) in [7, 11) is 14.0. The molecule has 9 heteroatoms. The van der Waals surface area contributed by atoms with Gasteiger partial charge in [0.05, 0.1) is 31.2 Å². The number of esters is 1. The number of benzene rings is 3. The first kappa shape index (κ1) is 33.6. The van der Waals surface area contributed by atoms with Crippen LogP contribution in [0.25, 0.3) is 33.4 Å². The van der Waals surface area contributed by atoms with Crippen molar-refractivity contribution in [2.24, 2.45) is 0 Å². The molecule has 0 unspecified atom stereocenters. The third-order valence-electron chi connectivity index (χ3n) is 7.61. The summed E-state index contributed by atoms with van der Waals surface area (Å²) in [6.07, 6.45) is 1.10. The first-order valence-electron chi connectivity index (χ1n) is 14.6. The van der Waals surface area contributed by atoms with E-state index >= 15 is 0 Å². The van der Waals surface area contributed by atoms with Crippen molar-refractivity contribution in [2.45, 2.75) is 26.7 Å². The summed E-state index contributed by atoms with van der Waals surface area (Å²) in [6, 6.07) is 17.1. The molecule has 43 heavy (non-hydrogen) atoms. The van der Waals surface area contributed by atoms with Gasteiger partial charge in [0.15, 0.2) is 0 Å². The van der Waals surface area contributed by atoms with Crippen LogP contribution in [0.3, 0.4) is 0 Å². The minimum Gasteiger partial charge on any atom is -0.496 e. The van der Waals surface area contributed by atoms with E-state index in [9.17, 15) is 4.79 Å². The molecule has 1 aliphatic carbocycles. The van der Waals surface area contributed by atoms with E-state index in [1.165, 1.54) is 0 Å². The normalized spacial score (nSPS) is 10.8. The molecule has 0 bridgehead atoms. The standard InChI is InChI=1S/C34H45N4O4.ClH/c1-10-38(18-12-13-33(39)41-11-2)29-22-30(40-9)27(21-28(29)37(7)8)34-25-16-14-23(35(3)4)19-31(25)42-32-20-24(36(5)6)15-17-26(32)34;/h14-17,19-22H,10-13,18H2,1-9H3;1H/q+1;. The van der Waals surface area contributed by atoms with Gasteiger partial charge in [0.25, 0.3) is 0 Å². The third-order valence-corrected chi connectivity index (χ3v) is 7.61. The van der Waals surface area contributed by atoms with Crippen molar-refractivity contribution in [1.82, 2.24) is 4.58 Å². The van der Waals surface area contributed by atoms with Crippen molar-refractivity contribution in [3.63, 3.8) is 0 Å². The van der Waals surface area contributed by atoms with Crippen LogP contribution in [0.1, 0.15) is 26.7 Å². The van der Waals surface area contributed by atoms with Crippen molar-refractivity contribution >= 4 is 46.4 Å². The molecule has 2 aliphatic rings. The number of rotatable bonds is 11. The Hall–Kier alpha value is -3.91. The molecule has 0 saturated heterocycles. The van der Waals surface area contributed by atoms with E-state index in [-0.39, 0.29) is 18.4 Å². The molecule has 2 aromatic carbocycles. The molecule has 4 rings (SSSR count). The first-order valence-corrected chi connectivity index (χ1v) is 14.6. The van der Waals surface area contributed by atoms with E-state index in [0.29, 0.717) is 19.4 Å². The second-order valence-corrected chi connectivity index (χ2v) is 11.1. The van der Waals surface area contributed by atoms with Gasteiger partial charge >= 0.3 is 5.97 Å². The third kappa shape index (κ3) is 7.19. The highest BCUT2D eigenvalue weighted by molar-refractivity contribution is 6.05. The van der Waals surface area contributed by atoms with E-state index in [1.54, 1.807) is 7.11 Å². The first-order chi connectivity index (χ1) is 20.1. The Balaban J connectivity index is 0.00000506. The number of ether oxygens (including phenoxy) is 2. The number of fused-ring (bicyclic) bond motifs is 2. The van der Waals surface area contributed by atoms with Crippen LogP contribution in [-0.4, -0.2) is 75.1 Å². The van der Waals surface area contributed by atoms with Crippen molar-refractivity contribution in [1.29, 1.82) is 0 Å². The van der Waals surface area contributed by atoms with Gasteiger partial charge in [-0.3, -0.25) is 4.79 Å². The second kappa shape index (κ2) is 14.5. The lowest BCUT2D eigenvalue weighted by Crippen LogP contribution is -2.27. The highest BCUT2D eigenvalue weighted by atomic mass is 35.5. The maximum absolute atomic E-state index is 12.0. The van der Waals surface area contributed by atoms with Crippen molar-refractivity contribution in [3.05, 3.63) is 53.9 Å². The van der Waals surface area contributed by atoms with E-state index in [1.807, 2.05) is 35.1 Å². The van der Waals surface area contributed by atoms with Crippen LogP contribution in [0.2, 0.25) is 0 Å². The van der Waals surface area contributed by atoms with Crippen LogP contribution in [0.4, 0.5) is 17.1 Å². The van der Waals surface area contributed by atoms with Gasteiger partial charge in [-0.05, 0) is 44.5 Å². The Morgan fingerprint density at radius 2 is 1.65 bits per heavy atom. The average Bonchev–Trinajstić information content (AvgIpc) is 2.97.